The van der Waals surface area contributed by atoms with Crippen molar-refractivity contribution in [3.05, 3.63) is 22.1 Å². The third kappa shape index (κ3) is 2.13. The molecule has 1 aromatic rings. The van der Waals surface area contributed by atoms with Gasteiger partial charge in [0.05, 0.1) is 5.69 Å². The van der Waals surface area contributed by atoms with E-state index in [0.29, 0.717) is 6.04 Å². The predicted molar refractivity (Wildman–Crippen MR) is 58.9 cm³/mol. The molecule has 0 saturated carbocycles. The van der Waals surface area contributed by atoms with E-state index in [9.17, 15) is 4.79 Å². The molecular formula is C10H18N4O. The summed E-state index contributed by atoms with van der Waals surface area (Å²) in [5.41, 5.74) is 1.04. The molecule has 1 unspecified atom stereocenters. The van der Waals surface area contributed by atoms with E-state index >= 15 is 0 Å². The van der Waals surface area contributed by atoms with Gasteiger partial charge in [-0.05, 0) is 6.92 Å². The van der Waals surface area contributed by atoms with Gasteiger partial charge >= 0.3 is 0 Å². The van der Waals surface area contributed by atoms with Crippen LogP contribution in [0.25, 0.3) is 0 Å². The number of aryl methyl sites for hydroxylation is 1. The van der Waals surface area contributed by atoms with E-state index in [0.717, 1.165) is 31.9 Å². The van der Waals surface area contributed by atoms with Gasteiger partial charge in [-0.25, -0.2) is 0 Å². The van der Waals surface area contributed by atoms with E-state index in [1.54, 1.807) is 13.1 Å². The molecule has 84 valence electrons. The van der Waals surface area contributed by atoms with Crippen molar-refractivity contribution >= 4 is 0 Å². The van der Waals surface area contributed by atoms with Crippen LogP contribution in [-0.4, -0.2) is 40.9 Å². The van der Waals surface area contributed by atoms with Crippen LogP contribution in [0.1, 0.15) is 18.7 Å². The van der Waals surface area contributed by atoms with E-state index in [1.165, 1.54) is 4.68 Å². The maximum absolute atomic E-state index is 11.3. The molecule has 2 N–H and O–H groups in total. The average molecular weight is 210 g/mol. The topological polar surface area (TPSA) is 53.1 Å². The SMILES string of the molecule is CC(c1cc(=O)n(C)[nH]1)N1CCNCC1. The summed E-state index contributed by atoms with van der Waals surface area (Å²) in [7, 11) is 1.75. The zero-order valence-corrected chi connectivity index (χ0v) is 9.29. The second-order valence-corrected chi connectivity index (χ2v) is 4.07. The first-order valence-electron chi connectivity index (χ1n) is 5.39. The molecule has 0 amide bonds. The average Bonchev–Trinajstić information content (AvgIpc) is 2.59. The number of aromatic nitrogens is 2. The Kier molecular flexibility index (Phi) is 2.93. The van der Waals surface area contributed by atoms with Gasteiger partial charge in [-0.3, -0.25) is 19.5 Å². The monoisotopic (exact) mass is 210 g/mol. The summed E-state index contributed by atoms with van der Waals surface area (Å²) in [6.45, 7) is 6.27. The highest BCUT2D eigenvalue weighted by Gasteiger charge is 2.19. The van der Waals surface area contributed by atoms with Gasteiger partial charge in [0, 0.05) is 45.3 Å². The Morgan fingerprint density at radius 1 is 1.40 bits per heavy atom. The molecule has 1 aliphatic rings. The maximum atomic E-state index is 11.3. The summed E-state index contributed by atoms with van der Waals surface area (Å²) in [6, 6.07) is 1.98. The summed E-state index contributed by atoms with van der Waals surface area (Å²) in [5.74, 6) is 0. The van der Waals surface area contributed by atoms with Crippen LogP contribution in [-0.2, 0) is 7.05 Å². The fraction of sp³-hybridized carbons (Fsp3) is 0.700. The molecular weight excluding hydrogens is 192 g/mol. The molecule has 0 aromatic carbocycles. The van der Waals surface area contributed by atoms with Crippen LogP contribution >= 0.6 is 0 Å². The largest absolute Gasteiger partial charge is 0.314 e. The fourth-order valence-corrected chi connectivity index (χ4v) is 1.99. The third-order valence-electron chi connectivity index (χ3n) is 3.06. The summed E-state index contributed by atoms with van der Waals surface area (Å²) < 4.78 is 1.52. The van der Waals surface area contributed by atoms with E-state index in [2.05, 4.69) is 22.2 Å². The van der Waals surface area contributed by atoms with Gasteiger partial charge in [0.2, 0.25) is 0 Å². The molecule has 1 aliphatic heterocycles. The molecule has 5 nitrogen and oxygen atoms in total. The Morgan fingerprint density at radius 2 is 2.07 bits per heavy atom. The van der Waals surface area contributed by atoms with Gasteiger partial charge in [-0.1, -0.05) is 0 Å². The molecule has 0 radical (unpaired) electrons. The molecule has 0 aliphatic carbocycles. The number of rotatable bonds is 2. The number of piperazine rings is 1. The lowest BCUT2D eigenvalue weighted by Crippen LogP contribution is -2.44. The number of H-pyrrole nitrogens is 1. The van der Waals surface area contributed by atoms with Crippen LogP contribution < -0.4 is 10.9 Å². The van der Waals surface area contributed by atoms with Crippen molar-refractivity contribution in [2.24, 2.45) is 7.05 Å². The van der Waals surface area contributed by atoms with Crippen molar-refractivity contribution in [2.75, 3.05) is 26.2 Å². The van der Waals surface area contributed by atoms with Gasteiger partial charge in [0.25, 0.3) is 5.56 Å². The molecule has 15 heavy (non-hydrogen) atoms. The highest BCUT2D eigenvalue weighted by atomic mass is 16.1. The molecule has 1 fully saturated rings. The Hall–Kier alpha value is -1.07. The fourth-order valence-electron chi connectivity index (χ4n) is 1.99. The van der Waals surface area contributed by atoms with E-state index in [4.69, 9.17) is 0 Å². The molecule has 1 aromatic heterocycles. The lowest BCUT2D eigenvalue weighted by atomic mass is 10.2. The van der Waals surface area contributed by atoms with Gasteiger partial charge in [-0.15, -0.1) is 0 Å². The van der Waals surface area contributed by atoms with Crippen molar-refractivity contribution in [1.82, 2.24) is 20.0 Å². The highest BCUT2D eigenvalue weighted by molar-refractivity contribution is 5.05. The summed E-state index contributed by atoms with van der Waals surface area (Å²) in [6.07, 6.45) is 0. The normalized spacial score (nSPS) is 20.4. The Labute approximate surface area is 89.1 Å². The van der Waals surface area contributed by atoms with Gasteiger partial charge in [0.15, 0.2) is 0 Å². The smallest absolute Gasteiger partial charge is 0.266 e. The molecule has 2 rings (SSSR count). The van der Waals surface area contributed by atoms with Gasteiger partial charge in [-0.2, -0.15) is 0 Å². The van der Waals surface area contributed by atoms with Crippen molar-refractivity contribution in [1.29, 1.82) is 0 Å². The standard InChI is InChI=1S/C10H18N4O/c1-8(14-5-3-11-4-6-14)9-7-10(15)13(2)12-9/h7-8,11-12H,3-6H2,1-2H3. The quantitative estimate of drug-likeness (QED) is 0.703. The van der Waals surface area contributed by atoms with Crippen molar-refractivity contribution < 1.29 is 0 Å². The second-order valence-electron chi connectivity index (χ2n) is 4.07. The number of hydrogen-bond donors (Lipinski definition) is 2. The van der Waals surface area contributed by atoms with Crippen molar-refractivity contribution in [3.8, 4) is 0 Å². The van der Waals surface area contributed by atoms with Crippen LogP contribution in [0.5, 0.6) is 0 Å². The second kappa shape index (κ2) is 4.20. The van der Waals surface area contributed by atoms with E-state index in [-0.39, 0.29) is 5.56 Å². The Balaban J connectivity index is 2.12. The van der Waals surface area contributed by atoms with Crippen LogP contribution in [0.15, 0.2) is 10.9 Å². The van der Waals surface area contributed by atoms with Crippen LogP contribution in [0.4, 0.5) is 0 Å². The highest BCUT2D eigenvalue weighted by Crippen LogP contribution is 2.16. The first-order valence-corrected chi connectivity index (χ1v) is 5.39. The molecule has 2 heterocycles. The molecule has 0 bridgehead atoms. The first-order chi connectivity index (χ1) is 7.18. The third-order valence-corrected chi connectivity index (χ3v) is 3.06. The molecule has 5 heteroatoms. The number of hydrogen-bond acceptors (Lipinski definition) is 3. The predicted octanol–water partition coefficient (Wildman–Crippen LogP) is -0.320. The van der Waals surface area contributed by atoms with Crippen LogP contribution in [0.3, 0.4) is 0 Å². The Morgan fingerprint density at radius 3 is 2.60 bits per heavy atom. The zero-order valence-electron chi connectivity index (χ0n) is 9.29. The minimum Gasteiger partial charge on any atom is -0.314 e. The molecule has 1 saturated heterocycles. The lowest BCUT2D eigenvalue weighted by Gasteiger charge is -2.32. The number of nitrogens with zero attached hydrogens (tertiary/aromatic N) is 2. The van der Waals surface area contributed by atoms with E-state index < -0.39 is 0 Å². The molecule has 1 atom stereocenters. The molecule has 0 spiro atoms. The summed E-state index contributed by atoms with van der Waals surface area (Å²) >= 11 is 0. The van der Waals surface area contributed by atoms with Crippen molar-refractivity contribution in [3.63, 3.8) is 0 Å². The summed E-state index contributed by atoms with van der Waals surface area (Å²) in [5, 5.41) is 6.40. The minimum atomic E-state index is 0.0342. The maximum Gasteiger partial charge on any atom is 0.266 e. The summed E-state index contributed by atoms with van der Waals surface area (Å²) in [4.78, 5) is 13.7. The first kappa shape index (κ1) is 10.4. The Bertz CT molecular complexity index is 375. The van der Waals surface area contributed by atoms with Gasteiger partial charge in [0.1, 0.15) is 0 Å². The van der Waals surface area contributed by atoms with Crippen molar-refractivity contribution in [2.45, 2.75) is 13.0 Å². The van der Waals surface area contributed by atoms with E-state index in [1.807, 2.05) is 0 Å². The zero-order chi connectivity index (χ0) is 10.8. The van der Waals surface area contributed by atoms with Crippen LogP contribution in [0, 0.1) is 0 Å². The van der Waals surface area contributed by atoms with Gasteiger partial charge < -0.3 is 5.32 Å². The number of nitrogens with one attached hydrogen (secondary N) is 2. The minimum absolute atomic E-state index is 0.0342. The van der Waals surface area contributed by atoms with Crippen LogP contribution in [0.2, 0.25) is 0 Å². The lowest BCUT2D eigenvalue weighted by molar-refractivity contribution is 0.182. The number of aromatic amines is 1.